The fraction of sp³-hybridized carbons (Fsp3) is 0.250. The smallest absolute Gasteiger partial charge is 0.497 e. The molecular formula is C12H10N8O6. The third kappa shape index (κ3) is 2.48. The van der Waals surface area contributed by atoms with Gasteiger partial charge in [0, 0.05) is 5.56 Å². The highest BCUT2D eigenvalue weighted by Crippen LogP contribution is 2.31. The van der Waals surface area contributed by atoms with Gasteiger partial charge < -0.3 is 9.26 Å². The Labute approximate surface area is 143 Å². The first-order valence-electron chi connectivity index (χ1n) is 6.91. The summed E-state index contributed by atoms with van der Waals surface area (Å²) < 4.78 is 9.91. The molecule has 2 heterocycles. The van der Waals surface area contributed by atoms with Gasteiger partial charge in [-0.3, -0.25) is 20.2 Å². The van der Waals surface area contributed by atoms with E-state index in [1.807, 2.05) is 0 Å². The SMILES string of the molecule is COc1cccc(-c2noc(C(c3nnn(C)n3)([N+](=O)[O-])[N+](=O)[O-])n2)c1. The Bertz CT molecular complexity index is 968. The van der Waals surface area contributed by atoms with E-state index in [1.165, 1.54) is 20.2 Å². The molecule has 0 fully saturated rings. The van der Waals surface area contributed by atoms with Crippen LogP contribution in [0, 0.1) is 20.2 Å². The number of hydrogen-bond donors (Lipinski definition) is 0. The molecule has 0 radical (unpaired) electrons. The van der Waals surface area contributed by atoms with Gasteiger partial charge in [-0.25, -0.2) is 0 Å². The normalized spacial score (nSPS) is 11.3. The van der Waals surface area contributed by atoms with Gasteiger partial charge in [-0.1, -0.05) is 22.4 Å². The maximum absolute atomic E-state index is 11.6. The van der Waals surface area contributed by atoms with Crippen molar-refractivity contribution in [2.75, 3.05) is 7.11 Å². The van der Waals surface area contributed by atoms with Crippen LogP contribution in [-0.4, -0.2) is 47.3 Å². The Morgan fingerprint density at radius 2 is 2.00 bits per heavy atom. The van der Waals surface area contributed by atoms with Gasteiger partial charge in [-0.15, -0.1) is 5.10 Å². The summed E-state index contributed by atoms with van der Waals surface area (Å²) in [6.07, 6.45) is 0. The van der Waals surface area contributed by atoms with Crippen LogP contribution in [0.2, 0.25) is 0 Å². The Morgan fingerprint density at radius 1 is 1.27 bits per heavy atom. The van der Waals surface area contributed by atoms with Crippen molar-refractivity contribution in [1.82, 2.24) is 30.3 Å². The second-order valence-electron chi connectivity index (χ2n) is 4.94. The first-order valence-corrected chi connectivity index (χ1v) is 6.91. The second kappa shape index (κ2) is 6.15. The highest BCUT2D eigenvalue weighted by Gasteiger charge is 2.70. The van der Waals surface area contributed by atoms with Crippen LogP contribution >= 0.6 is 0 Å². The van der Waals surface area contributed by atoms with Crippen LogP contribution < -0.4 is 4.74 Å². The molecule has 0 spiro atoms. The number of ether oxygens (including phenoxy) is 1. The zero-order valence-corrected chi connectivity index (χ0v) is 13.3. The average Bonchev–Trinajstić information content (AvgIpc) is 3.25. The van der Waals surface area contributed by atoms with E-state index < -0.39 is 27.2 Å². The standard InChI is InChI=1S/C12H10N8O6/c1-18-15-10(14-17-18)12(19(21)22,20(23)24)11-13-9(16-26-11)7-4-3-5-8(6-7)25-2/h3-6H,1-2H3. The lowest BCUT2D eigenvalue weighted by atomic mass is 10.1. The van der Waals surface area contributed by atoms with E-state index in [-0.39, 0.29) is 5.82 Å². The minimum absolute atomic E-state index is 0.101. The fourth-order valence-electron chi connectivity index (χ4n) is 2.15. The summed E-state index contributed by atoms with van der Waals surface area (Å²) in [5, 5.41) is 37.2. The molecule has 0 N–H and O–H groups in total. The molecule has 3 rings (SSSR count). The Morgan fingerprint density at radius 3 is 2.58 bits per heavy atom. The highest BCUT2D eigenvalue weighted by molar-refractivity contribution is 5.56. The van der Waals surface area contributed by atoms with E-state index in [9.17, 15) is 20.2 Å². The summed E-state index contributed by atoms with van der Waals surface area (Å²) in [6.45, 7) is 0. The van der Waals surface area contributed by atoms with E-state index >= 15 is 0 Å². The van der Waals surface area contributed by atoms with Crippen molar-refractivity contribution in [2.24, 2.45) is 7.05 Å². The molecule has 2 aromatic heterocycles. The van der Waals surface area contributed by atoms with Gasteiger partial charge in [0.1, 0.15) is 15.6 Å². The zero-order chi connectivity index (χ0) is 18.9. The number of rotatable bonds is 6. The molecule has 0 saturated carbocycles. The fourth-order valence-corrected chi connectivity index (χ4v) is 2.15. The lowest BCUT2D eigenvalue weighted by molar-refractivity contribution is -0.801. The molecule has 0 atom stereocenters. The van der Waals surface area contributed by atoms with Crippen LogP contribution in [0.25, 0.3) is 11.4 Å². The minimum Gasteiger partial charge on any atom is -0.497 e. The minimum atomic E-state index is -3.18. The zero-order valence-electron chi connectivity index (χ0n) is 13.3. The monoisotopic (exact) mass is 362 g/mol. The Balaban J connectivity index is 2.16. The summed E-state index contributed by atoms with van der Waals surface area (Å²) in [7, 11) is 2.75. The van der Waals surface area contributed by atoms with E-state index in [0.717, 1.165) is 4.80 Å². The van der Waals surface area contributed by atoms with Gasteiger partial charge >= 0.3 is 17.4 Å². The molecule has 3 aromatic rings. The Hall–Kier alpha value is -3.97. The molecule has 0 saturated heterocycles. The number of aryl methyl sites for hydroxylation is 1. The van der Waals surface area contributed by atoms with Gasteiger partial charge in [0.2, 0.25) is 5.82 Å². The molecule has 0 bridgehead atoms. The summed E-state index contributed by atoms with van der Waals surface area (Å²) in [4.78, 5) is 25.5. The van der Waals surface area contributed by atoms with Crippen molar-refractivity contribution in [2.45, 2.75) is 5.66 Å². The quantitative estimate of drug-likeness (QED) is 0.328. The predicted molar refractivity (Wildman–Crippen MR) is 79.9 cm³/mol. The predicted octanol–water partition coefficient (Wildman–Crippen LogP) is 0.0232. The largest absolute Gasteiger partial charge is 0.598 e. The molecular weight excluding hydrogens is 352 g/mol. The number of hydrogen-bond acceptors (Lipinski definition) is 11. The number of tetrazole rings is 1. The number of nitro groups is 2. The summed E-state index contributed by atoms with van der Waals surface area (Å²) in [5.74, 6) is -1.34. The molecule has 0 aliphatic heterocycles. The summed E-state index contributed by atoms with van der Waals surface area (Å²) in [5.41, 5.74) is -2.80. The summed E-state index contributed by atoms with van der Waals surface area (Å²) >= 11 is 0. The third-order valence-electron chi connectivity index (χ3n) is 3.40. The van der Waals surface area contributed by atoms with E-state index in [1.54, 1.807) is 18.2 Å². The first-order chi connectivity index (χ1) is 12.4. The molecule has 0 amide bonds. The van der Waals surface area contributed by atoms with Crippen molar-refractivity contribution in [1.29, 1.82) is 0 Å². The van der Waals surface area contributed by atoms with Gasteiger partial charge in [0.05, 0.1) is 14.2 Å². The number of benzene rings is 1. The van der Waals surface area contributed by atoms with E-state index in [0.29, 0.717) is 11.3 Å². The Kier molecular flexibility index (Phi) is 3.99. The van der Waals surface area contributed by atoms with Gasteiger partial charge in [-0.05, 0) is 17.3 Å². The third-order valence-corrected chi connectivity index (χ3v) is 3.40. The summed E-state index contributed by atoms with van der Waals surface area (Å²) in [6, 6.07) is 6.40. The molecule has 0 unspecified atom stereocenters. The number of methoxy groups -OCH3 is 1. The van der Waals surface area contributed by atoms with Crippen molar-refractivity contribution in [3.05, 3.63) is 56.2 Å². The van der Waals surface area contributed by atoms with Crippen molar-refractivity contribution in [3.63, 3.8) is 0 Å². The molecule has 134 valence electrons. The van der Waals surface area contributed by atoms with Gasteiger partial charge in [-0.2, -0.15) is 9.78 Å². The molecule has 0 aliphatic rings. The maximum atomic E-state index is 11.6. The average molecular weight is 362 g/mol. The van der Waals surface area contributed by atoms with Crippen LogP contribution in [0.5, 0.6) is 5.75 Å². The van der Waals surface area contributed by atoms with Gasteiger partial charge in [0.25, 0.3) is 0 Å². The van der Waals surface area contributed by atoms with E-state index in [2.05, 4.69) is 25.6 Å². The number of nitrogens with zero attached hydrogens (tertiary/aromatic N) is 8. The van der Waals surface area contributed by atoms with Crippen molar-refractivity contribution >= 4 is 0 Å². The molecule has 26 heavy (non-hydrogen) atoms. The van der Waals surface area contributed by atoms with Crippen LogP contribution in [0.4, 0.5) is 0 Å². The van der Waals surface area contributed by atoms with Crippen LogP contribution in [0.3, 0.4) is 0 Å². The van der Waals surface area contributed by atoms with Crippen molar-refractivity contribution in [3.8, 4) is 17.1 Å². The van der Waals surface area contributed by atoms with E-state index in [4.69, 9.17) is 9.26 Å². The number of aromatic nitrogens is 6. The molecule has 14 nitrogen and oxygen atoms in total. The molecule has 14 heteroatoms. The van der Waals surface area contributed by atoms with Crippen LogP contribution in [0.1, 0.15) is 11.7 Å². The van der Waals surface area contributed by atoms with Crippen molar-refractivity contribution < 1.29 is 19.1 Å². The lowest BCUT2D eigenvalue weighted by Crippen LogP contribution is -2.46. The molecule has 1 aromatic carbocycles. The lowest BCUT2D eigenvalue weighted by Gasteiger charge is -2.08. The maximum Gasteiger partial charge on any atom is 0.598 e. The molecule has 0 aliphatic carbocycles. The topological polar surface area (TPSA) is 178 Å². The van der Waals surface area contributed by atoms with Crippen LogP contribution in [0.15, 0.2) is 28.8 Å². The van der Waals surface area contributed by atoms with Gasteiger partial charge in [0.15, 0.2) is 0 Å². The highest BCUT2D eigenvalue weighted by atomic mass is 16.7. The first kappa shape index (κ1) is 16.9. The van der Waals surface area contributed by atoms with Crippen LogP contribution in [-0.2, 0) is 12.7 Å². The second-order valence-corrected chi connectivity index (χ2v) is 4.94.